The van der Waals surface area contributed by atoms with Gasteiger partial charge in [0.1, 0.15) is 0 Å². The Hall–Kier alpha value is -0.353. The van der Waals surface area contributed by atoms with Gasteiger partial charge >= 0.3 is 5.97 Å². The first-order valence-electron chi connectivity index (χ1n) is 8.36. The smallest absolute Gasteiger partial charge is 0.309 e. The zero-order valence-electron chi connectivity index (χ0n) is 13.3. The van der Waals surface area contributed by atoms with E-state index < -0.39 is 8.32 Å². The molecule has 0 N–H and O–H groups in total. The van der Waals surface area contributed by atoms with Crippen LogP contribution in [0.5, 0.6) is 0 Å². The van der Waals surface area contributed by atoms with Crippen molar-refractivity contribution in [1.29, 1.82) is 0 Å². The second-order valence-corrected chi connectivity index (χ2v) is 11.3. The Labute approximate surface area is 124 Å². The molecule has 2 fully saturated rings. The lowest BCUT2D eigenvalue weighted by molar-refractivity contribution is -0.149. The molecular weight excluding hydrogens is 268 g/mol. The van der Waals surface area contributed by atoms with Gasteiger partial charge < -0.3 is 9.16 Å². The summed E-state index contributed by atoms with van der Waals surface area (Å²) in [7, 11) is -1.61. The zero-order chi connectivity index (χ0) is 14.6. The minimum absolute atomic E-state index is 0.00334. The molecule has 0 aromatic carbocycles. The highest BCUT2D eigenvalue weighted by molar-refractivity contribution is 6.71. The quantitative estimate of drug-likeness (QED) is 0.580. The van der Waals surface area contributed by atoms with Gasteiger partial charge in [-0.3, -0.25) is 4.79 Å². The fourth-order valence-corrected chi connectivity index (χ4v) is 5.98. The van der Waals surface area contributed by atoms with Crippen LogP contribution in [0.3, 0.4) is 0 Å². The number of hydrogen-bond donors (Lipinski definition) is 0. The second kappa shape index (κ2) is 7.08. The monoisotopic (exact) mass is 298 g/mol. The van der Waals surface area contributed by atoms with Crippen molar-refractivity contribution in [3.8, 4) is 0 Å². The van der Waals surface area contributed by atoms with Crippen molar-refractivity contribution in [3.05, 3.63) is 0 Å². The molecule has 1 aliphatic heterocycles. The van der Waals surface area contributed by atoms with E-state index in [4.69, 9.17) is 9.16 Å². The van der Waals surface area contributed by atoms with E-state index in [0.29, 0.717) is 18.6 Å². The van der Waals surface area contributed by atoms with E-state index in [-0.39, 0.29) is 11.9 Å². The zero-order valence-corrected chi connectivity index (χ0v) is 14.3. The number of esters is 1. The molecule has 0 aromatic rings. The van der Waals surface area contributed by atoms with Gasteiger partial charge in [0.25, 0.3) is 0 Å². The maximum absolute atomic E-state index is 12.1. The van der Waals surface area contributed by atoms with Crippen molar-refractivity contribution < 1.29 is 14.0 Å². The summed E-state index contributed by atoms with van der Waals surface area (Å²) in [6, 6.07) is 1.08. The largest absolute Gasteiger partial charge is 0.466 e. The van der Waals surface area contributed by atoms with Crippen LogP contribution in [-0.4, -0.2) is 27.0 Å². The van der Waals surface area contributed by atoms with E-state index in [1.165, 1.54) is 32.1 Å². The van der Waals surface area contributed by atoms with E-state index in [9.17, 15) is 4.79 Å². The lowest BCUT2D eigenvalue weighted by Crippen LogP contribution is -2.38. The van der Waals surface area contributed by atoms with Crippen molar-refractivity contribution in [3.63, 3.8) is 0 Å². The molecule has 1 aliphatic carbocycles. The van der Waals surface area contributed by atoms with Crippen LogP contribution in [0.4, 0.5) is 0 Å². The highest BCUT2D eigenvalue weighted by atomic mass is 28.4. The molecule has 116 valence electrons. The summed E-state index contributed by atoms with van der Waals surface area (Å²) < 4.78 is 11.8. The second-order valence-electron chi connectivity index (χ2n) is 7.04. The molecule has 4 heteroatoms. The molecule has 2 aliphatic rings. The Morgan fingerprint density at radius 1 is 1.20 bits per heavy atom. The summed E-state index contributed by atoms with van der Waals surface area (Å²) in [4.78, 5) is 12.1. The Balaban J connectivity index is 2.05. The Bertz CT molecular complexity index is 324. The fraction of sp³-hybridized carbons (Fsp3) is 0.938. The summed E-state index contributed by atoms with van der Waals surface area (Å²) in [5.74, 6) is 0.741. The Kier molecular flexibility index (Phi) is 5.67. The first-order valence-corrected chi connectivity index (χ1v) is 11.5. The van der Waals surface area contributed by atoms with Gasteiger partial charge in [-0.2, -0.15) is 0 Å². The third-order valence-corrected chi connectivity index (χ3v) is 7.31. The van der Waals surface area contributed by atoms with E-state index >= 15 is 0 Å². The molecule has 1 heterocycles. The molecule has 0 unspecified atom stereocenters. The SMILES string of the molecule is CCOC(=O)[C@@H]1CC[Si](C)(C)O[C@@H](C2CCCCC2)C1. The normalized spacial score (nSPS) is 31.6. The molecule has 0 spiro atoms. The third-order valence-electron chi connectivity index (χ3n) is 4.88. The molecule has 0 aromatic heterocycles. The number of carbonyl (C=O) groups is 1. The van der Waals surface area contributed by atoms with Gasteiger partial charge in [0.2, 0.25) is 0 Å². The summed E-state index contributed by atoms with van der Waals surface area (Å²) in [5.41, 5.74) is 0. The highest BCUT2D eigenvalue weighted by Gasteiger charge is 2.39. The van der Waals surface area contributed by atoms with E-state index in [1.807, 2.05) is 6.92 Å². The van der Waals surface area contributed by atoms with Crippen LogP contribution in [0.25, 0.3) is 0 Å². The van der Waals surface area contributed by atoms with E-state index in [1.54, 1.807) is 0 Å². The third kappa shape index (κ3) is 4.32. The van der Waals surface area contributed by atoms with Gasteiger partial charge in [-0.05, 0) is 57.7 Å². The van der Waals surface area contributed by atoms with Crippen molar-refractivity contribution in [2.45, 2.75) is 77.1 Å². The van der Waals surface area contributed by atoms with Crippen molar-refractivity contribution >= 4 is 14.3 Å². The number of rotatable bonds is 3. The van der Waals surface area contributed by atoms with Gasteiger partial charge in [-0.1, -0.05) is 19.3 Å². The maximum Gasteiger partial charge on any atom is 0.309 e. The van der Waals surface area contributed by atoms with Gasteiger partial charge in [-0.25, -0.2) is 0 Å². The summed E-state index contributed by atoms with van der Waals surface area (Å²) >= 11 is 0. The molecule has 1 saturated carbocycles. The van der Waals surface area contributed by atoms with Crippen LogP contribution >= 0.6 is 0 Å². The first-order chi connectivity index (χ1) is 9.52. The predicted molar refractivity (Wildman–Crippen MR) is 83.1 cm³/mol. The van der Waals surface area contributed by atoms with Gasteiger partial charge in [0.05, 0.1) is 12.5 Å². The summed E-state index contributed by atoms with van der Waals surface area (Å²) in [6.07, 6.45) is 8.74. The lowest BCUT2D eigenvalue weighted by atomic mass is 9.81. The summed E-state index contributed by atoms with van der Waals surface area (Å²) in [6.45, 7) is 6.99. The molecule has 2 rings (SSSR count). The molecule has 20 heavy (non-hydrogen) atoms. The van der Waals surface area contributed by atoms with Crippen LogP contribution in [0.2, 0.25) is 19.1 Å². The van der Waals surface area contributed by atoms with Gasteiger partial charge in [-0.15, -0.1) is 0 Å². The molecule has 0 bridgehead atoms. The van der Waals surface area contributed by atoms with Crippen molar-refractivity contribution in [1.82, 2.24) is 0 Å². The number of hydrogen-bond acceptors (Lipinski definition) is 3. The highest BCUT2D eigenvalue weighted by Crippen LogP contribution is 2.37. The van der Waals surface area contributed by atoms with Gasteiger partial charge in [0.15, 0.2) is 8.32 Å². The van der Waals surface area contributed by atoms with E-state index in [0.717, 1.165) is 18.9 Å². The number of ether oxygens (including phenoxy) is 1. The van der Waals surface area contributed by atoms with Gasteiger partial charge in [0, 0.05) is 6.10 Å². The molecular formula is C16H30O3Si. The molecule has 0 amide bonds. The van der Waals surface area contributed by atoms with Crippen LogP contribution < -0.4 is 0 Å². The van der Waals surface area contributed by atoms with Crippen LogP contribution in [0.15, 0.2) is 0 Å². The minimum Gasteiger partial charge on any atom is -0.466 e. The predicted octanol–water partition coefficient (Wildman–Crippen LogP) is 4.13. The summed E-state index contributed by atoms with van der Waals surface area (Å²) in [5, 5.41) is 0. The molecule has 0 radical (unpaired) electrons. The maximum atomic E-state index is 12.1. The first kappa shape index (κ1) is 16.0. The van der Waals surface area contributed by atoms with Crippen LogP contribution in [-0.2, 0) is 14.0 Å². The molecule has 3 nitrogen and oxygen atoms in total. The average Bonchev–Trinajstić information content (AvgIpc) is 2.59. The van der Waals surface area contributed by atoms with Crippen LogP contribution in [0, 0.1) is 11.8 Å². The molecule has 2 atom stereocenters. The molecule has 1 saturated heterocycles. The van der Waals surface area contributed by atoms with Crippen molar-refractivity contribution in [2.24, 2.45) is 11.8 Å². The van der Waals surface area contributed by atoms with Crippen LogP contribution in [0.1, 0.15) is 51.9 Å². The average molecular weight is 298 g/mol. The Morgan fingerprint density at radius 2 is 1.90 bits per heavy atom. The minimum atomic E-state index is -1.61. The lowest BCUT2D eigenvalue weighted by Gasteiger charge is -2.34. The standard InChI is InChI=1S/C16H30O3Si/c1-4-18-16(17)14-10-11-20(2,3)19-15(12-14)13-8-6-5-7-9-13/h13-15H,4-12H2,1-3H3/t14-,15-/m1/s1. The van der Waals surface area contributed by atoms with Crippen molar-refractivity contribution in [2.75, 3.05) is 6.61 Å². The van der Waals surface area contributed by atoms with E-state index in [2.05, 4.69) is 13.1 Å². The fourth-order valence-electron chi connectivity index (χ4n) is 3.71. The topological polar surface area (TPSA) is 35.5 Å². The Morgan fingerprint density at radius 3 is 2.55 bits per heavy atom. The number of carbonyl (C=O) groups excluding carboxylic acids is 1.